The summed E-state index contributed by atoms with van der Waals surface area (Å²) < 4.78 is 11.6. The molecule has 2 aromatic heterocycles. The van der Waals surface area contributed by atoms with Crippen molar-refractivity contribution < 1.29 is 14.2 Å². The van der Waals surface area contributed by atoms with E-state index < -0.39 is 5.91 Å². The van der Waals surface area contributed by atoms with E-state index in [0.717, 1.165) is 12.0 Å². The number of aromatic nitrogens is 5. The normalized spacial score (nSPS) is 11.0. The van der Waals surface area contributed by atoms with Crippen molar-refractivity contribution >= 4 is 17.9 Å². The number of nitrogen functional groups attached to an aromatic ring is 1. The molecular weight excluding hydrogens is 412 g/mol. The molecule has 2 heterocycles. The molecule has 0 aliphatic heterocycles. The van der Waals surface area contributed by atoms with Crippen LogP contribution in [-0.2, 0) is 0 Å². The number of ether oxygens (including phenoxy) is 1. The zero-order valence-corrected chi connectivity index (χ0v) is 17.2. The van der Waals surface area contributed by atoms with Crippen molar-refractivity contribution in [2.45, 2.75) is 13.3 Å². The monoisotopic (exact) mass is 432 g/mol. The molecular formula is C21H20N8O3. The summed E-state index contributed by atoms with van der Waals surface area (Å²) in [5.41, 5.74) is 10.1. The fourth-order valence-corrected chi connectivity index (χ4v) is 2.87. The number of nitrogens with zero attached hydrogens (tertiary/aromatic N) is 6. The van der Waals surface area contributed by atoms with E-state index in [4.69, 9.17) is 10.5 Å². The molecule has 0 bridgehead atoms. The molecule has 0 fully saturated rings. The van der Waals surface area contributed by atoms with Gasteiger partial charge in [-0.3, -0.25) is 4.79 Å². The van der Waals surface area contributed by atoms with Gasteiger partial charge < -0.3 is 10.5 Å². The highest BCUT2D eigenvalue weighted by Crippen LogP contribution is 2.28. The fraction of sp³-hybridized carbons (Fsp3) is 0.143. The van der Waals surface area contributed by atoms with Gasteiger partial charge in [0.2, 0.25) is 11.6 Å². The van der Waals surface area contributed by atoms with E-state index in [0.29, 0.717) is 23.6 Å². The van der Waals surface area contributed by atoms with Gasteiger partial charge in [0.25, 0.3) is 5.91 Å². The number of hydrogen-bond acceptors (Lipinski definition) is 9. The van der Waals surface area contributed by atoms with Crippen LogP contribution < -0.4 is 15.9 Å². The topological polar surface area (TPSA) is 146 Å². The van der Waals surface area contributed by atoms with Crippen LogP contribution in [0.25, 0.3) is 17.1 Å². The second-order valence-corrected chi connectivity index (χ2v) is 6.65. The van der Waals surface area contributed by atoms with Crippen molar-refractivity contribution in [3.8, 4) is 22.8 Å². The molecule has 3 N–H and O–H groups in total. The number of carbonyl (C=O) groups is 1. The van der Waals surface area contributed by atoms with Crippen LogP contribution in [0.5, 0.6) is 5.75 Å². The first-order chi connectivity index (χ1) is 15.7. The van der Waals surface area contributed by atoms with Crippen LogP contribution >= 0.6 is 0 Å². The fourth-order valence-electron chi connectivity index (χ4n) is 2.87. The van der Waals surface area contributed by atoms with Gasteiger partial charge in [0.1, 0.15) is 11.4 Å². The predicted octanol–water partition coefficient (Wildman–Crippen LogP) is 2.45. The highest BCUT2D eigenvalue weighted by molar-refractivity contribution is 5.98. The molecule has 0 saturated carbocycles. The Morgan fingerprint density at radius 2 is 1.97 bits per heavy atom. The first-order valence-electron chi connectivity index (χ1n) is 9.83. The Hall–Kier alpha value is -4.54. The standard InChI is InChI=1S/C21H20N8O3/c1-2-12-31-16-10-8-15(9-11-16)18-17(24-28-29(18)20-19(22)26-32-27-20)21(30)25-23-13-14-6-4-3-5-7-14/h3-11,13H,2,12H2,1H3,(H2,22,26)(H,25,30)/b23-13-. The number of rotatable bonds is 8. The van der Waals surface area contributed by atoms with Crippen LogP contribution in [-0.4, -0.2) is 44.0 Å². The summed E-state index contributed by atoms with van der Waals surface area (Å²) in [5, 5.41) is 19.4. The minimum atomic E-state index is -0.556. The van der Waals surface area contributed by atoms with Gasteiger partial charge in [-0.2, -0.15) is 9.78 Å². The zero-order valence-electron chi connectivity index (χ0n) is 17.2. The number of benzene rings is 2. The Balaban J connectivity index is 1.66. The summed E-state index contributed by atoms with van der Waals surface area (Å²) in [6, 6.07) is 16.5. The van der Waals surface area contributed by atoms with Crippen molar-refractivity contribution in [3.05, 3.63) is 65.9 Å². The molecule has 11 heteroatoms. The van der Waals surface area contributed by atoms with E-state index in [2.05, 4.69) is 35.8 Å². The largest absolute Gasteiger partial charge is 0.494 e. The Kier molecular flexibility index (Phi) is 6.16. The second-order valence-electron chi connectivity index (χ2n) is 6.65. The highest BCUT2D eigenvalue weighted by atomic mass is 16.6. The van der Waals surface area contributed by atoms with Gasteiger partial charge >= 0.3 is 0 Å². The Morgan fingerprint density at radius 1 is 1.19 bits per heavy atom. The minimum Gasteiger partial charge on any atom is -0.494 e. The summed E-state index contributed by atoms with van der Waals surface area (Å²) in [6.07, 6.45) is 2.42. The molecule has 32 heavy (non-hydrogen) atoms. The first-order valence-corrected chi connectivity index (χ1v) is 9.83. The van der Waals surface area contributed by atoms with Gasteiger partial charge in [-0.25, -0.2) is 10.1 Å². The Bertz CT molecular complexity index is 1220. The average molecular weight is 432 g/mol. The summed E-state index contributed by atoms with van der Waals surface area (Å²) in [5.74, 6) is 0.272. The van der Waals surface area contributed by atoms with Crippen LogP contribution in [0.15, 0.2) is 64.3 Å². The summed E-state index contributed by atoms with van der Waals surface area (Å²) in [6.45, 7) is 2.63. The zero-order chi connectivity index (χ0) is 22.3. The lowest BCUT2D eigenvalue weighted by Crippen LogP contribution is -2.19. The van der Waals surface area contributed by atoms with E-state index in [9.17, 15) is 4.79 Å². The SMILES string of the molecule is CCCOc1ccc(-c2c(C(=O)N/N=C\c3ccccc3)nnn2-c2nonc2N)cc1. The number of anilines is 1. The van der Waals surface area contributed by atoms with Gasteiger partial charge in [0, 0.05) is 5.56 Å². The van der Waals surface area contributed by atoms with Crippen molar-refractivity contribution in [2.24, 2.45) is 5.10 Å². The Labute approximate surface area is 182 Å². The summed E-state index contributed by atoms with van der Waals surface area (Å²) in [7, 11) is 0. The number of amides is 1. The van der Waals surface area contributed by atoms with Crippen LogP contribution in [0.1, 0.15) is 29.4 Å². The molecule has 0 aliphatic rings. The molecule has 0 unspecified atom stereocenters. The van der Waals surface area contributed by atoms with Crippen molar-refractivity contribution in [1.29, 1.82) is 0 Å². The van der Waals surface area contributed by atoms with E-state index in [1.165, 1.54) is 10.9 Å². The van der Waals surface area contributed by atoms with Crippen molar-refractivity contribution in [2.75, 3.05) is 12.3 Å². The van der Waals surface area contributed by atoms with E-state index >= 15 is 0 Å². The van der Waals surface area contributed by atoms with Gasteiger partial charge in [0.15, 0.2) is 5.69 Å². The highest BCUT2D eigenvalue weighted by Gasteiger charge is 2.25. The van der Waals surface area contributed by atoms with E-state index in [1.54, 1.807) is 24.3 Å². The molecule has 0 aliphatic carbocycles. The lowest BCUT2D eigenvalue weighted by molar-refractivity contribution is 0.0950. The number of hydrogen-bond donors (Lipinski definition) is 2. The average Bonchev–Trinajstić information content (AvgIpc) is 3.44. The first kappa shape index (κ1) is 20.7. The third-order valence-corrected chi connectivity index (χ3v) is 4.36. The quantitative estimate of drug-likeness (QED) is 0.319. The lowest BCUT2D eigenvalue weighted by Gasteiger charge is -2.08. The molecule has 0 radical (unpaired) electrons. The summed E-state index contributed by atoms with van der Waals surface area (Å²) >= 11 is 0. The second kappa shape index (κ2) is 9.51. The lowest BCUT2D eigenvalue weighted by atomic mass is 10.1. The smallest absolute Gasteiger partial charge is 0.294 e. The number of nitrogens with one attached hydrogen (secondary N) is 1. The maximum absolute atomic E-state index is 12.8. The molecule has 1 amide bonds. The number of hydrazone groups is 1. The number of carbonyl (C=O) groups excluding carboxylic acids is 1. The van der Waals surface area contributed by atoms with Crippen LogP contribution in [0.2, 0.25) is 0 Å². The van der Waals surface area contributed by atoms with Gasteiger partial charge in [0.05, 0.1) is 12.8 Å². The molecule has 11 nitrogen and oxygen atoms in total. The van der Waals surface area contributed by atoms with Crippen LogP contribution in [0.3, 0.4) is 0 Å². The van der Waals surface area contributed by atoms with Crippen molar-refractivity contribution in [3.63, 3.8) is 0 Å². The van der Waals surface area contributed by atoms with Gasteiger partial charge in [-0.1, -0.05) is 42.5 Å². The minimum absolute atomic E-state index is 0.00751. The maximum atomic E-state index is 12.8. The van der Waals surface area contributed by atoms with Crippen molar-refractivity contribution in [1.82, 2.24) is 30.7 Å². The molecule has 0 saturated heterocycles. The van der Waals surface area contributed by atoms with Gasteiger partial charge in [-0.15, -0.1) is 5.10 Å². The molecule has 0 spiro atoms. The maximum Gasteiger partial charge on any atom is 0.294 e. The molecule has 0 atom stereocenters. The number of nitrogens with two attached hydrogens (primary N) is 1. The van der Waals surface area contributed by atoms with Crippen LogP contribution in [0.4, 0.5) is 5.82 Å². The third-order valence-electron chi connectivity index (χ3n) is 4.36. The molecule has 162 valence electrons. The molecule has 2 aromatic carbocycles. The van der Waals surface area contributed by atoms with E-state index in [1.807, 2.05) is 37.3 Å². The third kappa shape index (κ3) is 4.46. The van der Waals surface area contributed by atoms with Gasteiger partial charge in [-0.05, 0) is 46.6 Å². The van der Waals surface area contributed by atoms with E-state index in [-0.39, 0.29) is 17.3 Å². The van der Waals surface area contributed by atoms with Crippen LogP contribution in [0, 0.1) is 0 Å². The predicted molar refractivity (Wildman–Crippen MR) is 116 cm³/mol. The molecule has 4 aromatic rings. The molecule has 4 rings (SSSR count). The Morgan fingerprint density at radius 3 is 2.66 bits per heavy atom. The summed E-state index contributed by atoms with van der Waals surface area (Å²) in [4.78, 5) is 12.8.